The lowest BCUT2D eigenvalue weighted by atomic mass is 10.0. The normalized spacial score (nSPS) is 14.5. The van der Waals surface area contributed by atoms with Gasteiger partial charge in [0.15, 0.2) is 0 Å². The summed E-state index contributed by atoms with van der Waals surface area (Å²) in [7, 11) is 0. The molecular weight excluding hydrogens is 426 g/mol. The standard InChI is InChI=1S/C29H31NO2S/c1-21-20-28(33-22(21)2)27-15-10-23-8-4-5-9-26(23)29(27)32-25-13-11-24(12-14-25)31-19-18-30-16-6-3-7-17-30/h4-5,8-15,20H,3,6-7,16-19H2,1-2H3. The largest absolute Gasteiger partial charge is 0.492 e. The zero-order chi connectivity index (χ0) is 22.6. The van der Waals surface area contributed by atoms with Crippen molar-refractivity contribution in [3.63, 3.8) is 0 Å². The lowest BCUT2D eigenvalue weighted by Gasteiger charge is -2.26. The molecule has 0 radical (unpaired) electrons. The van der Waals surface area contributed by atoms with Gasteiger partial charge in [0.25, 0.3) is 0 Å². The molecular formula is C29H31NO2S. The monoisotopic (exact) mass is 457 g/mol. The van der Waals surface area contributed by atoms with Gasteiger partial charge in [0.2, 0.25) is 0 Å². The molecule has 0 atom stereocenters. The fourth-order valence-corrected chi connectivity index (χ4v) is 5.51. The molecule has 3 aromatic carbocycles. The first-order valence-corrected chi connectivity index (χ1v) is 12.7. The third-order valence-corrected chi connectivity index (χ3v) is 7.67. The van der Waals surface area contributed by atoms with Crippen LogP contribution in [0.5, 0.6) is 17.2 Å². The van der Waals surface area contributed by atoms with Gasteiger partial charge < -0.3 is 9.47 Å². The minimum atomic E-state index is 0.727. The summed E-state index contributed by atoms with van der Waals surface area (Å²) < 4.78 is 12.5. The lowest BCUT2D eigenvalue weighted by molar-refractivity contribution is 0.183. The number of fused-ring (bicyclic) bond motifs is 1. The number of rotatable bonds is 7. The molecule has 0 saturated carbocycles. The molecule has 1 aromatic heterocycles. The fourth-order valence-electron chi connectivity index (χ4n) is 4.45. The highest BCUT2D eigenvalue weighted by molar-refractivity contribution is 7.15. The molecule has 3 nitrogen and oxygen atoms in total. The van der Waals surface area contributed by atoms with E-state index in [0.717, 1.165) is 41.3 Å². The first kappa shape index (κ1) is 22.0. The Balaban J connectivity index is 1.35. The maximum Gasteiger partial charge on any atom is 0.143 e. The zero-order valence-corrected chi connectivity index (χ0v) is 20.3. The van der Waals surface area contributed by atoms with Crippen LogP contribution in [0, 0.1) is 13.8 Å². The van der Waals surface area contributed by atoms with E-state index in [4.69, 9.17) is 9.47 Å². The second-order valence-electron chi connectivity index (χ2n) is 8.84. The van der Waals surface area contributed by atoms with Gasteiger partial charge in [0, 0.05) is 27.2 Å². The van der Waals surface area contributed by atoms with Gasteiger partial charge in [0.1, 0.15) is 23.9 Å². The highest BCUT2D eigenvalue weighted by Crippen LogP contribution is 2.42. The highest BCUT2D eigenvalue weighted by Gasteiger charge is 2.15. The number of likely N-dealkylation sites (tertiary alicyclic amines) is 1. The molecule has 0 spiro atoms. The number of piperidine rings is 1. The molecule has 0 bridgehead atoms. The number of hydrogen-bond acceptors (Lipinski definition) is 4. The van der Waals surface area contributed by atoms with Crippen LogP contribution in [0.2, 0.25) is 0 Å². The molecule has 1 aliphatic heterocycles. The molecule has 33 heavy (non-hydrogen) atoms. The molecule has 5 rings (SSSR count). The summed E-state index contributed by atoms with van der Waals surface area (Å²) in [6.07, 6.45) is 3.99. The highest BCUT2D eigenvalue weighted by atomic mass is 32.1. The predicted molar refractivity (Wildman–Crippen MR) is 139 cm³/mol. The van der Waals surface area contributed by atoms with Gasteiger partial charge in [0.05, 0.1) is 0 Å². The van der Waals surface area contributed by atoms with Crippen LogP contribution < -0.4 is 9.47 Å². The van der Waals surface area contributed by atoms with E-state index in [0.29, 0.717) is 0 Å². The van der Waals surface area contributed by atoms with E-state index >= 15 is 0 Å². The quantitative estimate of drug-likeness (QED) is 0.282. The Kier molecular flexibility index (Phi) is 6.65. The van der Waals surface area contributed by atoms with Gasteiger partial charge in [-0.2, -0.15) is 0 Å². The number of nitrogens with zero attached hydrogens (tertiary/aromatic N) is 1. The smallest absolute Gasteiger partial charge is 0.143 e. The fraction of sp³-hybridized carbons (Fsp3) is 0.310. The van der Waals surface area contributed by atoms with Crippen LogP contribution in [-0.2, 0) is 0 Å². The molecule has 0 unspecified atom stereocenters. The number of thiophene rings is 1. The van der Waals surface area contributed by atoms with Crippen molar-refractivity contribution in [1.82, 2.24) is 4.90 Å². The van der Waals surface area contributed by atoms with E-state index in [1.54, 1.807) is 0 Å². The number of aryl methyl sites for hydroxylation is 2. The SMILES string of the molecule is Cc1cc(-c2ccc3ccccc3c2Oc2ccc(OCCN3CCCCC3)cc2)sc1C. The molecule has 1 fully saturated rings. The number of hydrogen-bond donors (Lipinski definition) is 0. The molecule has 0 aliphatic carbocycles. The third-order valence-electron chi connectivity index (χ3n) is 6.48. The van der Waals surface area contributed by atoms with Crippen molar-refractivity contribution in [1.29, 1.82) is 0 Å². The van der Waals surface area contributed by atoms with Crippen molar-refractivity contribution in [3.8, 4) is 27.7 Å². The topological polar surface area (TPSA) is 21.7 Å². The zero-order valence-electron chi connectivity index (χ0n) is 19.5. The van der Waals surface area contributed by atoms with Crippen LogP contribution in [0.4, 0.5) is 0 Å². The van der Waals surface area contributed by atoms with Crippen LogP contribution in [0.25, 0.3) is 21.2 Å². The second-order valence-corrected chi connectivity index (χ2v) is 10.1. The minimum absolute atomic E-state index is 0.727. The molecule has 2 heterocycles. The van der Waals surface area contributed by atoms with Crippen LogP contribution in [0.1, 0.15) is 29.7 Å². The van der Waals surface area contributed by atoms with Crippen molar-refractivity contribution < 1.29 is 9.47 Å². The van der Waals surface area contributed by atoms with Crippen LogP contribution in [0.15, 0.2) is 66.7 Å². The first-order valence-electron chi connectivity index (χ1n) is 11.9. The van der Waals surface area contributed by atoms with Crippen molar-refractivity contribution in [2.24, 2.45) is 0 Å². The average molecular weight is 458 g/mol. The van der Waals surface area contributed by atoms with E-state index in [2.05, 4.69) is 61.2 Å². The van der Waals surface area contributed by atoms with Gasteiger partial charge in [-0.05, 0) is 87.1 Å². The first-order chi connectivity index (χ1) is 16.2. The number of benzene rings is 3. The summed E-state index contributed by atoms with van der Waals surface area (Å²) >= 11 is 1.82. The van der Waals surface area contributed by atoms with Gasteiger partial charge >= 0.3 is 0 Å². The minimum Gasteiger partial charge on any atom is -0.492 e. The summed E-state index contributed by atoms with van der Waals surface area (Å²) in [5, 5.41) is 2.31. The summed E-state index contributed by atoms with van der Waals surface area (Å²) in [6, 6.07) is 23.1. The Morgan fingerprint density at radius 3 is 2.36 bits per heavy atom. The van der Waals surface area contributed by atoms with Gasteiger partial charge in [-0.3, -0.25) is 4.90 Å². The Hall–Kier alpha value is -2.82. The van der Waals surface area contributed by atoms with Crippen LogP contribution >= 0.6 is 11.3 Å². The van der Waals surface area contributed by atoms with Crippen molar-refractivity contribution in [3.05, 3.63) is 77.2 Å². The van der Waals surface area contributed by atoms with E-state index < -0.39 is 0 Å². The van der Waals surface area contributed by atoms with Crippen LogP contribution in [0.3, 0.4) is 0 Å². The van der Waals surface area contributed by atoms with Gasteiger partial charge in [-0.1, -0.05) is 36.8 Å². The second kappa shape index (κ2) is 9.98. The van der Waals surface area contributed by atoms with Crippen LogP contribution in [-0.4, -0.2) is 31.1 Å². The molecule has 0 N–H and O–H groups in total. The Bertz CT molecular complexity index is 1200. The molecule has 170 valence electrons. The molecule has 1 saturated heterocycles. The Morgan fingerprint density at radius 2 is 1.61 bits per heavy atom. The summed E-state index contributed by atoms with van der Waals surface area (Å²) in [4.78, 5) is 5.08. The van der Waals surface area contributed by atoms with Gasteiger partial charge in [-0.15, -0.1) is 11.3 Å². The van der Waals surface area contributed by atoms with Crippen molar-refractivity contribution >= 4 is 22.1 Å². The van der Waals surface area contributed by atoms with E-state index in [-0.39, 0.29) is 0 Å². The lowest BCUT2D eigenvalue weighted by Crippen LogP contribution is -2.33. The van der Waals surface area contributed by atoms with Crippen molar-refractivity contribution in [2.45, 2.75) is 33.1 Å². The predicted octanol–water partition coefficient (Wildman–Crippen LogP) is 7.84. The maximum atomic E-state index is 6.52. The summed E-state index contributed by atoms with van der Waals surface area (Å²) in [6.45, 7) is 8.47. The maximum absolute atomic E-state index is 6.52. The van der Waals surface area contributed by atoms with E-state index in [1.807, 2.05) is 35.6 Å². The average Bonchev–Trinajstić information content (AvgIpc) is 3.19. The molecule has 4 heteroatoms. The van der Waals surface area contributed by atoms with E-state index in [1.165, 1.54) is 53.1 Å². The van der Waals surface area contributed by atoms with Gasteiger partial charge in [-0.25, -0.2) is 0 Å². The van der Waals surface area contributed by atoms with E-state index in [9.17, 15) is 0 Å². The molecule has 4 aromatic rings. The summed E-state index contributed by atoms with van der Waals surface area (Å²) in [5.41, 5.74) is 2.46. The van der Waals surface area contributed by atoms with Crippen molar-refractivity contribution in [2.75, 3.05) is 26.2 Å². The third kappa shape index (κ3) is 5.07. The summed E-state index contributed by atoms with van der Waals surface area (Å²) in [5.74, 6) is 2.62. The Morgan fingerprint density at radius 1 is 0.848 bits per heavy atom. The molecule has 1 aliphatic rings. The number of ether oxygens (including phenoxy) is 2. The molecule has 0 amide bonds. The Labute approximate surface area is 200 Å².